The first-order chi connectivity index (χ1) is 16.1. The molecule has 0 saturated carbocycles. The summed E-state index contributed by atoms with van der Waals surface area (Å²) in [5.74, 6) is -1.70. The minimum absolute atomic E-state index is 0.0162. The standard InChI is InChI=1S/C22H21Cl2NO8S/c1-12(2)14-8-13(32-10-18-30-6-7-31-18)9-17-19(14)21(26)25(34(17,28)29)11-33-22(27)20-15(23)4-3-5-16(20)24/h3-5,8-9,12,18H,6-7,10-11H2,1-2H3. The van der Waals surface area contributed by atoms with Gasteiger partial charge in [0.15, 0.2) is 13.0 Å². The normalized spacial score (nSPS) is 17.3. The molecule has 0 aliphatic carbocycles. The Morgan fingerprint density at radius 3 is 2.44 bits per heavy atom. The van der Waals surface area contributed by atoms with Gasteiger partial charge < -0.3 is 18.9 Å². The SMILES string of the molecule is CC(C)c1cc(OCC2OCCO2)cc2c1C(=O)N(COC(=O)c1c(Cl)cccc1Cl)S2(=O)=O. The fourth-order valence-electron chi connectivity index (χ4n) is 3.61. The van der Waals surface area contributed by atoms with Crippen molar-refractivity contribution in [3.63, 3.8) is 0 Å². The molecule has 0 bridgehead atoms. The topological polar surface area (TPSA) is 108 Å². The molecule has 2 aromatic carbocycles. The van der Waals surface area contributed by atoms with Crippen molar-refractivity contribution in [3.05, 3.63) is 57.1 Å². The van der Waals surface area contributed by atoms with Gasteiger partial charge in [-0.2, -0.15) is 4.31 Å². The monoisotopic (exact) mass is 529 g/mol. The predicted octanol–water partition coefficient (Wildman–Crippen LogP) is 3.83. The number of carbonyl (C=O) groups excluding carboxylic acids is 2. The van der Waals surface area contributed by atoms with Crippen molar-refractivity contribution in [2.45, 2.75) is 31.0 Å². The molecule has 0 radical (unpaired) electrons. The van der Waals surface area contributed by atoms with Crippen LogP contribution in [0.3, 0.4) is 0 Å². The zero-order valence-electron chi connectivity index (χ0n) is 18.2. The van der Waals surface area contributed by atoms with Gasteiger partial charge in [-0.05, 0) is 29.7 Å². The van der Waals surface area contributed by atoms with Crippen molar-refractivity contribution in [1.82, 2.24) is 4.31 Å². The second kappa shape index (κ2) is 9.71. The first-order valence-electron chi connectivity index (χ1n) is 10.3. The summed E-state index contributed by atoms with van der Waals surface area (Å²) in [7, 11) is -4.31. The van der Waals surface area contributed by atoms with Gasteiger partial charge in [0, 0.05) is 6.07 Å². The number of hydrogen-bond acceptors (Lipinski definition) is 8. The molecule has 0 spiro atoms. The molecular weight excluding hydrogens is 509 g/mol. The van der Waals surface area contributed by atoms with Crippen molar-refractivity contribution in [3.8, 4) is 5.75 Å². The number of benzene rings is 2. The molecule has 2 aliphatic rings. The van der Waals surface area contributed by atoms with Gasteiger partial charge in [0.05, 0.1) is 34.4 Å². The minimum Gasteiger partial charge on any atom is -0.488 e. The number of nitrogens with zero attached hydrogens (tertiary/aromatic N) is 1. The van der Waals surface area contributed by atoms with Crippen LogP contribution in [0.4, 0.5) is 0 Å². The number of halogens is 2. The highest BCUT2D eigenvalue weighted by atomic mass is 35.5. The van der Waals surface area contributed by atoms with Crippen LogP contribution in [-0.2, 0) is 24.2 Å². The second-order valence-electron chi connectivity index (χ2n) is 7.84. The fraction of sp³-hybridized carbons (Fsp3) is 0.364. The van der Waals surface area contributed by atoms with Crippen LogP contribution in [0.5, 0.6) is 5.75 Å². The molecule has 2 aromatic rings. The molecule has 0 N–H and O–H groups in total. The Kier molecular flexibility index (Phi) is 7.07. The Morgan fingerprint density at radius 1 is 1.18 bits per heavy atom. The highest BCUT2D eigenvalue weighted by molar-refractivity contribution is 7.90. The van der Waals surface area contributed by atoms with Crippen LogP contribution in [0.15, 0.2) is 35.2 Å². The van der Waals surface area contributed by atoms with Gasteiger partial charge in [-0.15, -0.1) is 0 Å². The molecule has 182 valence electrons. The summed E-state index contributed by atoms with van der Waals surface area (Å²) in [6, 6.07) is 7.32. The van der Waals surface area contributed by atoms with Gasteiger partial charge in [-0.3, -0.25) is 4.79 Å². The van der Waals surface area contributed by atoms with Gasteiger partial charge >= 0.3 is 5.97 Å². The number of hydrogen-bond donors (Lipinski definition) is 0. The number of amides is 1. The lowest BCUT2D eigenvalue weighted by atomic mass is 9.96. The predicted molar refractivity (Wildman–Crippen MR) is 122 cm³/mol. The smallest absolute Gasteiger partial charge is 0.342 e. The average Bonchev–Trinajstić information content (AvgIpc) is 3.36. The van der Waals surface area contributed by atoms with Crippen LogP contribution >= 0.6 is 23.2 Å². The molecular formula is C22H21Cl2NO8S. The van der Waals surface area contributed by atoms with E-state index in [1.165, 1.54) is 18.2 Å². The number of rotatable bonds is 7. The van der Waals surface area contributed by atoms with Crippen LogP contribution in [0.25, 0.3) is 0 Å². The van der Waals surface area contributed by atoms with Crippen LogP contribution in [-0.4, -0.2) is 57.4 Å². The number of carbonyl (C=O) groups is 2. The van der Waals surface area contributed by atoms with E-state index in [1.807, 2.05) is 13.8 Å². The van der Waals surface area contributed by atoms with E-state index in [0.717, 1.165) is 0 Å². The largest absolute Gasteiger partial charge is 0.488 e. The Balaban J connectivity index is 1.60. The molecule has 1 saturated heterocycles. The highest BCUT2D eigenvalue weighted by Gasteiger charge is 2.44. The van der Waals surface area contributed by atoms with E-state index >= 15 is 0 Å². The zero-order chi connectivity index (χ0) is 24.6. The number of sulfonamides is 1. The van der Waals surface area contributed by atoms with E-state index in [-0.39, 0.29) is 44.3 Å². The maximum absolute atomic E-state index is 13.2. The lowest BCUT2D eigenvalue weighted by molar-refractivity contribution is -0.0684. The van der Waals surface area contributed by atoms with Crippen LogP contribution in [0, 0.1) is 0 Å². The number of esters is 1. The van der Waals surface area contributed by atoms with E-state index in [4.69, 9.17) is 42.1 Å². The summed E-state index contributed by atoms with van der Waals surface area (Å²) in [4.78, 5) is 25.4. The van der Waals surface area contributed by atoms with E-state index in [2.05, 4.69) is 0 Å². The summed E-state index contributed by atoms with van der Waals surface area (Å²) < 4.78 is 48.4. The van der Waals surface area contributed by atoms with E-state index < -0.39 is 34.9 Å². The van der Waals surface area contributed by atoms with E-state index in [9.17, 15) is 18.0 Å². The number of fused-ring (bicyclic) bond motifs is 1. The highest BCUT2D eigenvalue weighted by Crippen LogP contribution is 2.39. The Hall–Kier alpha value is -2.37. The van der Waals surface area contributed by atoms with Gasteiger partial charge in [-0.1, -0.05) is 43.1 Å². The molecule has 34 heavy (non-hydrogen) atoms. The molecule has 2 heterocycles. The molecule has 0 aromatic heterocycles. The van der Waals surface area contributed by atoms with Gasteiger partial charge in [-0.25, -0.2) is 13.2 Å². The van der Waals surface area contributed by atoms with Gasteiger partial charge in [0.25, 0.3) is 15.9 Å². The molecule has 4 rings (SSSR count). The minimum atomic E-state index is -4.31. The first-order valence-corrected chi connectivity index (χ1v) is 12.5. The molecule has 1 fully saturated rings. The van der Waals surface area contributed by atoms with Crippen molar-refractivity contribution in [2.75, 3.05) is 26.6 Å². The Morgan fingerprint density at radius 2 is 1.82 bits per heavy atom. The van der Waals surface area contributed by atoms with Crippen molar-refractivity contribution >= 4 is 45.1 Å². The lowest BCUT2D eigenvalue weighted by Crippen LogP contribution is -2.33. The second-order valence-corrected chi connectivity index (χ2v) is 10.5. The summed E-state index contributed by atoms with van der Waals surface area (Å²) in [6.45, 7) is 3.77. The van der Waals surface area contributed by atoms with Crippen molar-refractivity contribution in [1.29, 1.82) is 0 Å². The maximum Gasteiger partial charge on any atom is 0.342 e. The molecule has 9 nitrogen and oxygen atoms in total. The number of ether oxygens (including phenoxy) is 4. The first kappa shape index (κ1) is 24.7. The average molecular weight is 530 g/mol. The van der Waals surface area contributed by atoms with E-state index in [0.29, 0.717) is 23.1 Å². The molecule has 0 unspecified atom stereocenters. The third-order valence-corrected chi connectivity index (χ3v) is 7.65. The molecule has 1 amide bonds. The van der Waals surface area contributed by atoms with Crippen molar-refractivity contribution < 1.29 is 37.0 Å². The van der Waals surface area contributed by atoms with Crippen LogP contribution in [0.2, 0.25) is 10.0 Å². The Labute approximate surface area is 206 Å². The molecule has 0 atom stereocenters. The summed E-state index contributed by atoms with van der Waals surface area (Å²) in [5.41, 5.74) is 0.377. The third-order valence-electron chi connectivity index (χ3n) is 5.29. The third kappa shape index (κ3) is 4.60. The van der Waals surface area contributed by atoms with Gasteiger partial charge in [0.2, 0.25) is 0 Å². The Bertz CT molecular complexity index is 1220. The van der Waals surface area contributed by atoms with Gasteiger partial charge in [0.1, 0.15) is 17.3 Å². The molecule has 12 heteroatoms. The van der Waals surface area contributed by atoms with Crippen LogP contribution < -0.4 is 4.74 Å². The fourth-order valence-corrected chi connectivity index (χ4v) is 5.63. The summed E-state index contributed by atoms with van der Waals surface area (Å²) in [5, 5.41) is 0.0750. The lowest BCUT2D eigenvalue weighted by Gasteiger charge is -2.16. The molecule has 2 aliphatic heterocycles. The van der Waals surface area contributed by atoms with Crippen LogP contribution in [0.1, 0.15) is 46.0 Å². The maximum atomic E-state index is 13.2. The zero-order valence-corrected chi connectivity index (χ0v) is 20.6. The van der Waals surface area contributed by atoms with E-state index in [1.54, 1.807) is 12.1 Å². The van der Waals surface area contributed by atoms with Crippen molar-refractivity contribution in [2.24, 2.45) is 0 Å². The quantitative estimate of drug-likeness (QED) is 0.498. The summed E-state index contributed by atoms with van der Waals surface area (Å²) >= 11 is 12.0. The summed E-state index contributed by atoms with van der Waals surface area (Å²) in [6.07, 6.45) is -0.554.